The number of benzene rings is 1. The SMILES string of the molecule is Cc1ccc(C(=O)c2cnn(C)c2N)cc1C. The number of aromatic nitrogens is 2. The zero-order valence-electron chi connectivity index (χ0n) is 10.2. The summed E-state index contributed by atoms with van der Waals surface area (Å²) in [6.07, 6.45) is 1.51. The normalized spacial score (nSPS) is 10.5. The fourth-order valence-electron chi connectivity index (χ4n) is 1.66. The third kappa shape index (κ3) is 1.93. The average molecular weight is 229 g/mol. The second-order valence-electron chi connectivity index (χ2n) is 4.20. The molecule has 88 valence electrons. The van der Waals surface area contributed by atoms with E-state index in [0.29, 0.717) is 16.9 Å². The third-order valence-corrected chi connectivity index (χ3v) is 3.00. The van der Waals surface area contributed by atoms with Gasteiger partial charge in [-0.3, -0.25) is 9.48 Å². The first kappa shape index (κ1) is 11.4. The number of rotatable bonds is 2. The molecule has 17 heavy (non-hydrogen) atoms. The van der Waals surface area contributed by atoms with Crippen molar-refractivity contribution in [2.75, 3.05) is 5.73 Å². The average Bonchev–Trinajstić information content (AvgIpc) is 2.63. The molecule has 2 N–H and O–H groups in total. The van der Waals surface area contributed by atoms with Crippen molar-refractivity contribution in [2.45, 2.75) is 13.8 Å². The standard InChI is InChI=1S/C13H15N3O/c1-8-4-5-10(6-9(8)2)12(17)11-7-15-16(3)13(11)14/h4-7H,14H2,1-3H3. The molecule has 0 aliphatic rings. The molecule has 0 unspecified atom stereocenters. The molecule has 0 aliphatic carbocycles. The van der Waals surface area contributed by atoms with E-state index >= 15 is 0 Å². The number of anilines is 1. The molecule has 0 saturated heterocycles. The molecule has 2 aromatic rings. The van der Waals surface area contributed by atoms with Gasteiger partial charge in [0.15, 0.2) is 5.78 Å². The van der Waals surface area contributed by atoms with Crippen LogP contribution in [0.5, 0.6) is 0 Å². The highest BCUT2D eigenvalue weighted by Gasteiger charge is 2.15. The number of carbonyl (C=O) groups excluding carboxylic acids is 1. The summed E-state index contributed by atoms with van der Waals surface area (Å²) in [5.41, 5.74) is 9.15. The topological polar surface area (TPSA) is 60.9 Å². The molecule has 0 fully saturated rings. The van der Waals surface area contributed by atoms with Crippen LogP contribution >= 0.6 is 0 Å². The number of nitrogen functional groups attached to an aromatic ring is 1. The summed E-state index contributed by atoms with van der Waals surface area (Å²) >= 11 is 0. The van der Waals surface area contributed by atoms with E-state index in [1.165, 1.54) is 16.4 Å². The van der Waals surface area contributed by atoms with Crippen molar-refractivity contribution in [3.8, 4) is 0 Å². The number of hydrogen-bond acceptors (Lipinski definition) is 3. The molecule has 0 amide bonds. The lowest BCUT2D eigenvalue weighted by Gasteiger charge is -2.04. The summed E-state index contributed by atoms with van der Waals surface area (Å²) in [7, 11) is 1.71. The number of nitrogens with two attached hydrogens (primary N) is 1. The zero-order chi connectivity index (χ0) is 12.6. The van der Waals surface area contributed by atoms with Gasteiger partial charge >= 0.3 is 0 Å². The molecule has 0 spiro atoms. The molecule has 0 radical (unpaired) electrons. The van der Waals surface area contributed by atoms with Gasteiger partial charge in [0.05, 0.1) is 11.8 Å². The summed E-state index contributed by atoms with van der Waals surface area (Å²) in [6, 6.07) is 5.64. The van der Waals surface area contributed by atoms with E-state index in [0.717, 1.165) is 5.56 Å². The minimum absolute atomic E-state index is 0.0845. The van der Waals surface area contributed by atoms with Crippen molar-refractivity contribution in [1.82, 2.24) is 9.78 Å². The molecule has 1 aromatic carbocycles. The largest absolute Gasteiger partial charge is 0.383 e. The van der Waals surface area contributed by atoms with Crippen LogP contribution in [0.1, 0.15) is 27.0 Å². The van der Waals surface area contributed by atoms with Crippen LogP contribution < -0.4 is 5.73 Å². The Balaban J connectivity index is 2.44. The minimum Gasteiger partial charge on any atom is -0.383 e. The second-order valence-corrected chi connectivity index (χ2v) is 4.20. The molecular weight excluding hydrogens is 214 g/mol. The Hall–Kier alpha value is -2.10. The van der Waals surface area contributed by atoms with Crippen LogP contribution in [0.25, 0.3) is 0 Å². The van der Waals surface area contributed by atoms with Crippen molar-refractivity contribution in [2.24, 2.45) is 7.05 Å². The van der Waals surface area contributed by atoms with Crippen LogP contribution in [-0.4, -0.2) is 15.6 Å². The molecule has 0 saturated carbocycles. The van der Waals surface area contributed by atoms with Crippen LogP contribution in [0.15, 0.2) is 24.4 Å². The maximum Gasteiger partial charge on any atom is 0.198 e. The Bertz CT molecular complexity index is 584. The van der Waals surface area contributed by atoms with Crippen molar-refractivity contribution >= 4 is 11.6 Å². The van der Waals surface area contributed by atoms with Crippen LogP contribution in [0.3, 0.4) is 0 Å². The fourth-order valence-corrected chi connectivity index (χ4v) is 1.66. The number of nitrogens with zero attached hydrogens (tertiary/aromatic N) is 2. The smallest absolute Gasteiger partial charge is 0.198 e. The number of hydrogen-bond donors (Lipinski definition) is 1. The van der Waals surface area contributed by atoms with Crippen molar-refractivity contribution in [3.63, 3.8) is 0 Å². The first-order valence-electron chi connectivity index (χ1n) is 5.40. The van der Waals surface area contributed by atoms with E-state index in [1.807, 2.05) is 32.0 Å². The summed E-state index contributed by atoms with van der Waals surface area (Å²) in [4.78, 5) is 12.2. The van der Waals surface area contributed by atoms with E-state index in [-0.39, 0.29) is 5.78 Å². The molecule has 0 bridgehead atoms. The Morgan fingerprint density at radius 1 is 1.29 bits per heavy atom. The van der Waals surface area contributed by atoms with Crippen molar-refractivity contribution in [3.05, 3.63) is 46.6 Å². The van der Waals surface area contributed by atoms with E-state index in [1.54, 1.807) is 7.05 Å². The summed E-state index contributed by atoms with van der Waals surface area (Å²) in [5, 5.41) is 3.97. The molecule has 0 atom stereocenters. The lowest BCUT2D eigenvalue weighted by atomic mass is 10.0. The molecular formula is C13H15N3O. The first-order valence-corrected chi connectivity index (χ1v) is 5.40. The predicted molar refractivity (Wildman–Crippen MR) is 67.0 cm³/mol. The molecule has 1 aromatic heterocycles. The monoisotopic (exact) mass is 229 g/mol. The van der Waals surface area contributed by atoms with Crippen LogP contribution in [-0.2, 0) is 7.05 Å². The highest BCUT2D eigenvalue weighted by atomic mass is 16.1. The Morgan fingerprint density at radius 2 is 2.00 bits per heavy atom. The maximum absolute atomic E-state index is 12.2. The molecule has 4 nitrogen and oxygen atoms in total. The highest BCUT2D eigenvalue weighted by Crippen LogP contribution is 2.17. The maximum atomic E-state index is 12.2. The van der Waals surface area contributed by atoms with Gasteiger partial charge in [0.25, 0.3) is 0 Å². The van der Waals surface area contributed by atoms with Crippen LogP contribution in [0, 0.1) is 13.8 Å². The van der Waals surface area contributed by atoms with Gasteiger partial charge in [-0.15, -0.1) is 0 Å². The van der Waals surface area contributed by atoms with Crippen molar-refractivity contribution < 1.29 is 4.79 Å². The van der Waals surface area contributed by atoms with E-state index in [4.69, 9.17) is 5.73 Å². The molecule has 0 aliphatic heterocycles. The van der Waals surface area contributed by atoms with Gasteiger partial charge in [0, 0.05) is 12.6 Å². The van der Waals surface area contributed by atoms with E-state index in [2.05, 4.69) is 5.10 Å². The summed E-state index contributed by atoms with van der Waals surface area (Å²) < 4.78 is 1.49. The predicted octanol–water partition coefficient (Wildman–Crippen LogP) is 1.85. The fraction of sp³-hybridized carbons (Fsp3) is 0.231. The van der Waals surface area contributed by atoms with Gasteiger partial charge < -0.3 is 5.73 Å². The van der Waals surface area contributed by atoms with E-state index < -0.39 is 0 Å². The first-order chi connectivity index (χ1) is 8.00. The number of carbonyl (C=O) groups is 1. The third-order valence-electron chi connectivity index (χ3n) is 3.00. The second kappa shape index (κ2) is 4.05. The Kier molecular flexibility index (Phi) is 2.71. The van der Waals surface area contributed by atoms with E-state index in [9.17, 15) is 4.79 Å². The Morgan fingerprint density at radius 3 is 2.53 bits per heavy atom. The molecule has 1 heterocycles. The number of aryl methyl sites for hydroxylation is 3. The lowest BCUT2D eigenvalue weighted by molar-refractivity contribution is 0.103. The van der Waals surface area contributed by atoms with Crippen LogP contribution in [0.2, 0.25) is 0 Å². The van der Waals surface area contributed by atoms with Gasteiger partial charge in [0.1, 0.15) is 5.82 Å². The Labute approximate surface area is 100 Å². The van der Waals surface area contributed by atoms with Gasteiger partial charge in [-0.25, -0.2) is 0 Å². The van der Waals surface area contributed by atoms with Gasteiger partial charge in [0.2, 0.25) is 0 Å². The van der Waals surface area contributed by atoms with Crippen LogP contribution in [0.4, 0.5) is 5.82 Å². The number of ketones is 1. The summed E-state index contributed by atoms with van der Waals surface area (Å²) in [5.74, 6) is 0.312. The molecule has 2 rings (SSSR count). The van der Waals surface area contributed by atoms with Crippen molar-refractivity contribution in [1.29, 1.82) is 0 Å². The molecule has 4 heteroatoms. The highest BCUT2D eigenvalue weighted by molar-refractivity contribution is 6.11. The quantitative estimate of drug-likeness (QED) is 0.799. The van der Waals surface area contributed by atoms with Gasteiger partial charge in [-0.1, -0.05) is 12.1 Å². The lowest BCUT2D eigenvalue weighted by Crippen LogP contribution is -2.06. The van der Waals surface area contributed by atoms with Gasteiger partial charge in [-0.05, 0) is 31.0 Å². The summed E-state index contributed by atoms with van der Waals surface area (Å²) in [6.45, 7) is 4.00. The van der Waals surface area contributed by atoms with Gasteiger partial charge in [-0.2, -0.15) is 5.10 Å². The minimum atomic E-state index is -0.0845. The zero-order valence-corrected chi connectivity index (χ0v) is 10.2.